The van der Waals surface area contributed by atoms with E-state index in [0.717, 1.165) is 24.0 Å². The van der Waals surface area contributed by atoms with Gasteiger partial charge < -0.3 is 31.5 Å². The van der Waals surface area contributed by atoms with Crippen molar-refractivity contribution in [3.8, 4) is 16.9 Å². The van der Waals surface area contributed by atoms with Gasteiger partial charge in [0.2, 0.25) is 11.7 Å². The van der Waals surface area contributed by atoms with Crippen LogP contribution in [0.15, 0.2) is 47.2 Å². The molecule has 0 radical (unpaired) electrons. The molecule has 0 aliphatic heterocycles. The third-order valence-electron chi connectivity index (χ3n) is 10.5. The molecule has 2 saturated carbocycles. The number of carbonyl (C=O) groups excluding carboxylic acids is 4. The minimum atomic E-state index is -2.68. The van der Waals surface area contributed by atoms with Gasteiger partial charge in [-0.05, 0) is 71.3 Å². The van der Waals surface area contributed by atoms with E-state index in [1.165, 1.54) is 0 Å². The number of carbonyl (C=O) groups is 4. The first kappa shape index (κ1) is 32.5. The highest BCUT2D eigenvalue weighted by Crippen LogP contribution is 2.56. The normalized spacial score (nSPS) is 25.8. The summed E-state index contributed by atoms with van der Waals surface area (Å²) in [7, 11) is 0. The van der Waals surface area contributed by atoms with Crippen LogP contribution < -0.4 is 11.1 Å². The monoisotopic (exact) mass is 642 g/mol. The fourth-order valence-corrected chi connectivity index (χ4v) is 7.82. The molecule has 6 rings (SSSR count). The van der Waals surface area contributed by atoms with Crippen molar-refractivity contribution in [1.82, 2.24) is 5.32 Å². The Balaban J connectivity index is 1.54. The van der Waals surface area contributed by atoms with Crippen molar-refractivity contribution in [2.45, 2.75) is 77.9 Å². The van der Waals surface area contributed by atoms with Gasteiger partial charge in [-0.3, -0.25) is 19.2 Å². The summed E-state index contributed by atoms with van der Waals surface area (Å²) in [6.07, 6.45) is 1.82. The van der Waals surface area contributed by atoms with Crippen LogP contribution in [-0.2, 0) is 37.6 Å². The molecule has 7 N–H and O–H groups in total. The molecule has 248 valence electrons. The number of Topliss-reactive ketones (excluding diaryl/α,β-unsaturated/α-hetero) is 2. The molecule has 2 amide bonds. The number of phenols is 1. The number of aliphatic hydroxyl groups is 3. The maximum absolute atomic E-state index is 14.3. The number of nitrogens with two attached hydrogens (primary N) is 1. The van der Waals surface area contributed by atoms with E-state index >= 15 is 0 Å². The van der Waals surface area contributed by atoms with E-state index in [-0.39, 0.29) is 53.5 Å². The summed E-state index contributed by atoms with van der Waals surface area (Å²) in [5, 5.41) is 49.4. The second-order valence-corrected chi connectivity index (χ2v) is 14.9. The van der Waals surface area contributed by atoms with Crippen molar-refractivity contribution in [2.24, 2.45) is 35.3 Å². The molecule has 4 atom stereocenters. The van der Waals surface area contributed by atoms with E-state index in [2.05, 4.69) is 26.1 Å². The Morgan fingerprint density at radius 1 is 1.06 bits per heavy atom. The molecule has 4 aliphatic carbocycles. The zero-order chi connectivity index (χ0) is 34.3. The highest BCUT2D eigenvalue weighted by molar-refractivity contribution is 6.23. The number of benzene rings is 2. The summed E-state index contributed by atoms with van der Waals surface area (Å²) >= 11 is 0. The summed E-state index contributed by atoms with van der Waals surface area (Å²) in [4.78, 5) is 52.6. The highest BCUT2D eigenvalue weighted by atomic mass is 16.3. The van der Waals surface area contributed by atoms with Gasteiger partial charge in [-0.1, -0.05) is 58.9 Å². The lowest BCUT2D eigenvalue weighted by molar-refractivity contribution is -0.155. The average Bonchev–Trinajstić information content (AvgIpc) is 3.84. The molecule has 2 aromatic carbocycles. The Morgan fingerprint density at radius 2 is 1.70 bits per heavy atom. The molecule has 2 fully saturated rings. The molecule has 10 nitrogen and oxygen atoms in total. The summed E-state index contributed by atoms with van der Waals surface area (Å²) < 4.78 is 0. The van der Waals surface area contributed by atoms with Crippen molar-refractivity contribution in [3.63, 3.8) is 0 Å². The van der Waals surface area contributed by atoms with Crippen LogP contribution in [0.1, 0.15) is 76.1 Å². The van der Waals surface area contributed by atoms with Gasteiger partial charge in [0.05, 0.1) is 5.56 Å². The SMILES string of the molecule is CC(C)[C@@H]1C(=O)C(C(N)=O)=C(O)[C@@]2(O)C(=O)C3=C(O)c4c(O)c(CNC(=O)C5CC5)cc(-c5ccc(C(C)(C)C)cc5)c4C[C@H]3C[C@@H]12. The zero-order valence-electron chi connectivity index (χ0n) is 27.3. The number of rotatable bonds is 6. The van der Waals surface area contributed by atoms with Gasteiger partial charge in [-0.2, -0.15) is 0 Å². The van der Waals surface area contributed by atoms with Crippen molar-refractivity contribution < 1.29 is 39.6 Å². The van der Waals surface area contributed by atoms with Crippen molar-refractivity contribution in [2.75, 3.05) is 0 Å². The molecule has 10 heteroatoms. The van der Waals surface area contributed by atoms with Crippen LogP contribution in [-0.4, -0.2) is 49.4 Å². The van der Waals surface area contributed by atoms with E-state index in [4.69, 9.17) is 5.73 Å². The Bertz CT molecular complexity index is 1790. The number of ketones is 2. The maximum atomic E-state index is 14.3. The number of fused-ring (bicyclic) bond motifs is 3. The van der Waals surface area contributed by atoms with Crippen LogP contribution >= 0.6 is 0 Å². The van der Waals surface area contributed by atoms with Crippen LogP contribution in [0.4, 0.5) is 0 Å². The van der Waals surface area contributed by atoms with Gasteiger partial charge >= 0.3 is 0 Å². The molecule has 2 aromatic rings. The van der Waals surface area contributed by atoms with Gasteiger partial charge in [0.15, 0.2) is 11.4 Å². The van der Waals surface area contributed by atoms with Crippen LogP contribution in [0.2, 0.25) is 0 Å². The second kappa shape index (κ2) is 11.1. The summed E-state index contributed by atoms with van der Waals surface area (Å²) in [5.74, 6) is -8.37. The standard InChI is InChI=1S/C37H42N2O8/c1-16(2)25-24-14-19-12-23-22(17-8-10-21(11-9-17)36(3,4)5)13-20(15-39-35(46)18-6-7-18)29(40)27(23)31(42)26(19)32(43)37(24,47)33(44)28(30(25)41)34(38)45/h8-11,13,16,18-19,24-25,40,42,44,47H,6-7,12,14-15H2,1-5H3,(H2,38,45)(H,39,46)/t19-,24-,25-,37-/m0/s1. The van der Waals surface area contributed by atoms with Crippen LogP contribution in [0.3, 0.4) is 0 Å². The van der Waals surface area contributed by atoms with Crippen molar-refractivity contribution in [3.05, 3.63) is 69.5 Å². The third-order valence-corrected chi connectivity index (χ3v) is 10.5. The van der Waals surface area contributed by atoms with Gasteiger partial charge in [-0.25, -0.2) is 0 Å². The number of phenolic OH excluding ortho intramolecular Hbond substituents is 1. The Morgan fingerprint density at radius 3 is 2.26 bits per heavy atom. The smallest absolute Gasteiger partial charge is 0.255 e. The minimum Gasteiger partial charge on any atom is -0.508 e. The first-order valence-electron chi connectivity index (χ1n) is 16.2. The summed E-state index contributed by atoms with van der Waals surface area (Å²) in [6, 6.07) is 9.75. The largest absolute Gasteiger partial charge is 0.508 e. The van der Waals surface area contributed by atoms with Gasteiger partial charge in [-0.15, -0.1) is 0 Å². The molecule has 47 heavy (non-hydrogen) atoms. The second-order valence-electron chi connectivity index (χ2n) is 14.9. The fraction of sp³-hybridized carbons (Fsp3) is 0.459. The van der Waals surface area contributed by atoms with Gasteiger partial charge in [0, 0.05) is 35.4 Å². The predicted octanol–water partition coefficient (Wildman–Crippen LogP) is 4.30. The Kier molecular flexibility index (Phi) is 7.66. The number of nitrogens with one attached hydrogen (secondary N) is 1. The molecule has 0 spiro atoms. The van der Waals surface area contributed by atoms with Gasteiger partial charge in [0.25, 0.3) is 5.91 Å². The number of hydrogen-bond acceptors (Lipinski definition) is 8. The van der Waals surface area contributed by atoms with Crippen molar-refractivity contribution >= 4 is 29.1 Å². The minimum absolute atomic E-state index is 0.00519. The molecule has 0 aromatic heterocycles. The molecule has 0 bridgehead atoms. The van der Waals surface area contributed by atoms with Crippen molar-refractivity contribution in [1.29, 1.82) is 0 Å². The molecule has 0 unspecified atom stereocenters. The van der Waals surface area contributed by atoms with Crippen LogP contribution in [0.25, 0.3) is 16.9 Å². The van der Waals surface area contributed by atoms with E-state index in [9.17, 15) is 39.6 Å². The number of primary amides is 1. The molecule has 4 aliphatic rings. The zero-order valence-corrected chi connectivity index (χ0v) is 27.3. The quantitative estimate of drug-likeness (QED) is 0.252. The predicted molar refractivity (Wildman–Crippen MR) is 174 cm³/mol. The number of aromatic hydroxyl groups is 1. The average molecular weight is 643 g/mol. The number of aliphatic hydroxyl groups excluding tert-OH is 2. The maximum Gasteiger partial charge on any atom is 0.255 e. The molecule has 0 saturated heterocycles. The molecule has 0 heterocycles. The third kappa shape index (κ3) is 5.04. The lowest BCUT2D eigenvalue weighted by atomic mass is 9.54. The first-order valence-corrected chi connectivity index (χ1v) is 16.2. The number of amides is 2. The lowest BCUT2D eigenvalue weighted by Gasteiger charge is -2.50. The summed E-state index contributed by atoms with van der Waals surface area (Å²) in [6.45, 7) is 9.77. The molecular weight excluding hydrogens is 600 g/mol. The fourth-order valence-electron chi connectivity index (χ4n) is 7.82. The Labute approximate surface area is 273 Å². The Hall–Kier alpha value is -4.44. The first-order chi connectivity index (χ1) is 22.0. The van der Waals surface area contributed by atoms with E-state index < -0.39 is 63.8 Å². The van der Waals surface area contributed by atoms with Crippen LogP contribution in [0.5, 0.6) is 5.75 Å². The van der Waals surface area contributed by atoms with E-state index in [1.807, 2.05) is 24.3 Å². The van der Waals surface area contributed by atoms with Gasteiger partial charge in [0.1, 0.15) is 22.8 Å². The molecular formula is C37H42N2O8. The van der Waals surface area contributed by atoms with E-state index in [1.54, 1.807) is 19.9 Å². The highest BCUT2D eigenvalue weighted by Gasteiger charge is 2.64. The summed E-state index contributed by atoms with van der Waals surface area (Å²) in [5.41, 5.74) is 5.18. The number of hydrogen-bond donors (Lipinski definition) is 6. The topological polar surface area (TPSA) is 187 Å². The van der Waals surface area contributed by atoms with Crippen LogP contribution in [0, 0.1) is 29.6 Å². The van der Waals surface area contributed by atoms with E-state index in [0.29, 0.717) is 16.7 Å². The lowest BCUT2D eigenvalue weighted by Crippen LogP contribution is -2.62.